The highest BCUT2D eigenvalue weighted by Gasteiger charge is 2.34. The average Bonchev–Trinajstić information content (AvgIpc) is 2.89. The number of hydrogen-bond donors (Lipinski definition) is 0. The molecule has 0 saturated heterocycles. The summed E-state index contributed by atoms with van der Waals surface area (Å²) in [6.07, 6.45) is 37.3. The Hall–Kier alpha value is -0.260. The zero-order valence-corrected chi connectivity index (χ0v) is 22.6. The second-order valence-corrected chi connectivity index (χ2v) is 13.2. The van der Waals surface area contributed by atoms with Gasteiger partial charge in [0, 0.05) is 0 Å². The maximum absolute atomic E-state index is 2.73. The molecule has 0 aromatic rings. The van der Waals surface area contributed by atoms with Gasteiger partial charge >= 0.3 is 0 Å². The van der Waals surface area contributed by atoms with Crippen LogP contribution in [0.25, 0.3) is 0 Å². The zero-order valence-electron chi connectivity index (χ0n) is 22.6. The molecule has 0 aromatic heterocycles. The largest absolute Gasteiger partial charge is 0.0849 e. The van der Waals surface area contributed by atoms with Crippen molar-refractivity contribution in [2.75, 3.05) is 0 Å². The molecular formula is C33H58. The van der Waals surface area contributed by atoms with Crippen LogP contribution in [-0.4, -0.2) is 0 Å². The molecule has 4 aliphatic carbocycles. The summed E-state index contributed by atoms with van der Waals surface area (Å²) in [5, 5.41) is 0. The molecular weight excluding hydrogens is 396 g/mol. The van der Waals surface area contributed by atoms with Gasteiger partial charge in [0.1, 0.15) is 0 Å². The third kappa shape index (κ3) is 7.61. The fourth-order valence-corrected chi connectivity index (χ4v) is 8.72. The monoisotopic (exact) mass is 454 g/mol. The van der Waals surface area contributed by atoms with Gasteiger partial charge in [-0.1, -0.05) is 96.6 Å². The van der Waals surface area contributed by atoms with Crippen molar-refractivity contribution >= 4 is 0 Å². The highest BCUT2D eigenvalue weighted by Crippen LogP contribution is 2.46. The van der Waals surface area contributed by atoms with Gasteiger partial charge < -0.3 is 0 Å². The van der Waals surface area contributed by atoms with Gasteiger partial charge in [-0.3, -0.25) is 0 Å². The van der Waals surface area contributed by atoms with Crippen LogP contribution < -0.4 is 0 Å². The molecule has 0 aliphatic heterocycles. The molecule has 0 heterocycles. The maximum atomic E-state index is 2.73. The van der Waals surface area contributed by atoms with Crippen molar-refractivity contribution in [1.29, 1.82) is 0 Å². The second kappa shape index (κ2) is 13.7. The highest BCUT2D eigenvalue weighted by molar-refractivity contribution is 5.03. The molecule has 4 rings (SSSR count). The maximum Gasteiger partial charge on any atom is -0.0205 e. The van der Waals surface area contributed by atoms with Crippen LogP contribution >= 0.6 is 0 Å². The summed E-state index contributed by atoms with van der Waals surface area (Å²) >= 11 is 0. The van der Waals surface area contributed by atoms with Crippen LogP contribution in [0, 0.1) is 47.3 Å². The lowest BCUT2D eigenvalue weighted by Gasteiger charge is -2.41. The molecule has 0 aromatic carbocycles. The predicted octanol–water partition coefficient (Wildman–Crippen LogP) is 10.8. The van der Waals surface area contributed by atoms with Crippen molar-refractivity contribution in [2.24, 2.45) is 47.3 Å². The lowest BCUT2D eigenvalue weighted by atomic mass is 9.65. The Labute approximate surface area is 208 Å². The first-order valence-electron chi connectivity index (χ1n) is 15.9. The molecule has 0 nitrogen and oxygen atoms in total. The second-order valence-electron chi connectivity index (χ2n) is 13.2. The Morgan fingerprint density at radius 3 is 1.27 bits per heavy atom. The van der Waals surface area contributed by atoms with Crippen LogP contribution in [0.15, 0.2) is 12.2 Å². The minimum atomic E-state index is 0.928. The van der Waals surface area contributed by atoms with E-state index in [9.17, 15) is 0 Å². The molecule has 0 amide bonds. The summed E-state index contributed by atoms with van der Waals surface area (Å²) in [6, 6.07) is 0. The number of unbranched alkanes of at least 4 members (excludes halogenated alkanes) is 3. The quantitative estimate of drug-likeness (QED) is 0.227. The lowest BCUT2D eigenvalue weighted by Crippen LogP contribution is -2.29. The molecule has 190 valence electrons. The Balaban J connectivity index is 1.13. The van der Waals surface area contributed by atoms with Crippen LogP contribution in [0.1, 0.15) is 149 Å². The van der Waals surface area contributed by atoms with Gasteiger partial charge in [-0.25, -0.2) is 0 Å². The smallest absolute Gasteiger partial charge is 0.0205 e. The summed E-state index contributed by atoms with van der Waals surface area (Å²) in [5.41, 5.74) is 0. The molecule has 0 heteroatoms. The van der Waals surface area contributed by atoms with Gasteiger partial charge in [0.05, 0.1) is 0 Å². The van der Waals surface area contributed by atoms with Crippen LogP contribution in [0.3, 0.4) is 0 Å². The first-order chi connectivity index (χ1) is 16.3. The first kappa shape index (κ1) is 25.8. The standard InChI is InChI=1S/C33H58/c1-3-5-7-9-27-12-16-29(17-13-27)31-20-24-33(25-21-31)32-22-18-30(19-23-32)28-14-10-26(11-15-28)8-6-4-2/h18,22,26-33H,3-17,19-21,23-25H2,1-2H3. The van der Waals surface area contributed by atoms with E-state index in [1.54, 1.807) is 51.4 Å². The van der Waals surface area contributed by atoms with Crippen molar-refractivity contribution in [3.8, 4) is 0 Å². The Morgan fingerprint density at radius 1 is 0.424 bits per heavy atom. The molecule has 2 atom stereocenters. The minimum absolute atomic E-state index is 0.928. The Bertz CT molecular complexity index is 536. The van der Waals surface area contributed by atoms with Gasteiger partial charge in [0.2, 0.25) is 0 Å². The van der Waals surface area contributed by atoms with Crippen LogP contribution in [-0.2, 0) is 0 Å². The summed E-state index contributed by atoms with van der Waals surface area (Å²) in [5.74, 6) is 8.22. The van der Waals surface area contributed by atoms with Crippen molar-refractivity contribution in [3.05, 3.63) is 12.2 Å². The predicted molar refractivity (Wildman–Crippen MR) is 145 cm³/mol. The highest BCUT2D eigenvalue weighted by atomic mass is 14.4. The molecule has 3 fully saturated rings. The van der Waals surface area contributed by atoms with Crippen LogP contribution in [0.2, 0.25) is 0 Å². The van der Waals surface area contributed by atoms with Gasteiger partial charge in [-0.15, -0.1) is 0 Å². The third-order valence-electron chi connectivity index (χ3n) is 11.1. The normalized spacial score (nSPS) is 40.1. The Morgan fingerprint density at radius 2 is 0.818 bits per heavy atom. The first-order valence-corrected chi connectivity index (χ1v) is 15.9. The molecule has 0 N–H and O–H groups in total. The fourth-order valence-electron chi connectivity index (χ4n) is 8.72. The molecule has 2 unspecified atom stereocenters. The molecule has 0 bridgehead atoms. The van der Waals surface area contributed by atoms with Crippen molar-refractivity contribution < 1.29 is 0 Å². The molecule has 4 aliphatic rings. The van der Waals surface area contributed by atoms with E-state index in [0.29, 0.717) is 0 Å². The van der Waals surface area contributed by atoms with E-state index in [-0.39, 0.29) is 0 Å². The van der Waals surface area contributed by atoms with E-state index in [4.69, 9.17) is 0 Å². The van der Waals surface area contributed by atoms with Gasteiger partial charge in [-0.05, 0) is 112 Å². The van der Waals surface area contributed by atoms with Crippen LogP contribution in [0.5, 0.6) is 0 Å². The topological polar surface area (TPSA) is 0 Å². The molecule has 0 spiro atoms. The van der Waals surface area contributed by atoms with E-state index in [0.717, 1.165) is 47.3 Å². The fraction of sp³-hybridized carbons (Fsp3) is 0.939. The van der Waals surface area contributed by atoms with E-state index in [1.165, 1.54) is 83.5 Å². The number of allylic oxidation sites excluding steroid dienone is 2. The van der Waals surface area contributed by atoms with E-state index >= 15 is 0 Å². The third-order valence-corrected chi connectivity index (χ3v) is 11.1. The zero-order chi connectivity index (χ0) is 22.9. The molecule has 33 heavy (non-hydrogen) atoms. The SMILES string of the molecule is CCCCCC1CCC(C2CCC(C3C=CC(C4CCC(CCCC)CC4)CC3)CC2)CC1. The van der Waals surface area contributed by atoms with Gasteiger partial charge in [-0.2, -0.15) is 0 Å². The summed E-state index contributed by atoms with van der Waals surface area (Å²) < 4.78 is 0. The van der Waals surface area contributed by atoms with Gasteiger partial charge in [0.25, 0.3) is 0 Å². The number of hydrogen-bond acceptors (Lipinski definition) is 0. The number of rotatable bonds is 10. The summed E-state index contributed by atoms with van der Waals surface area (Å²) in [7, 11) is 0. The summed E-state index contributed by atoms with van der Waals surface area (Å²) in [6.45, 7) is 4.69. The minimum Gasteiger partial charge on any atom is -0.0849 e. The van der Waals surface area contributed by atoms with Crippen LogP contribution in [0.4, 0.5) is 0 Å². The molecule has 0 radical (unpaired) electrons. The lowest BCUT2D eigenvalue weighted by molar-refractivity contribution is 0.123. The Kier molecular flexibility index (Phi) is 10.7. The van der Waals surface area contributed by atoms with E-state index in [2.05, 4.69) is 26.0 Å². The van der Waals surface area contributed by atoms with E-state index < -0.39 is 0 Å². The van der Waals surface area contributed by atoms with Crippen molar-refractivity contribution in [2.45, 2.75) is 149 Å². The summed E-state index contributed by atoms with van der Waals surface area (Å²) in [4.78, 5) is 0. The van der Waals surface area contributed by atoms with Crippen molar-refractivity contribution in [3.63, 3.8) is 0 Å². The van der Waals surface area contributed by atoms with Gasteiger partial charge in [0.15, 0.2) is 0 Å². The van der Waals surface area contributed by atoms with E-state index in [1.807, 2.05) is 0 Å². The van der Waals surface area contributed by atoms with Crippen molar-refractivity contribution in [1.82, 2.24) is 0 Å². The average molecular weight is 455 g/mol. The molecule has 3 saturated carbocycles.